The Kier molecular flexibility index (Phi) is 3.15. The number of nitrogens with zero attached hydrogens (tertiary/aromatic N) is 1. The molecular formula is C11H18BNS. The molecule has 1 heterocycles. The van der Waals surface area contributed by atoms with E-state index >= 15 is 0 Å². The van der Waals surface area contributed by atoms with E-state index in [1.807, 2.05) is 0 Å². The van der Waals surface area contributed by atoms with Gasteiger partial charge in [-0.05, 0) is 12.3 Å². The molecule has 0 amide bonds. The standard InChI is InChI=1S/C11H18BNS/c1-13-10-5-3-2-4-9(12)6-8(10)7-11(13)14/h8-10H,2-7H2,1H3. The average molecular weight is 207 g/mol. The number of hydrogen-bond donors (Lipinski definition) is 0. The van der Waals surface area contributed by atoms with Crippen LogP contribution in [0.5, 0.6) is 0 Å². The van der Waals surface area contributed by atoms with Crippen molar-refractivity contribution in [3.8, 4) is 0 Å². The molecule has 1 aliphatic heterocycles. The van der Waals surface area contributed by atoms with Crippen molar-refractivity contribution in [3.05, 3.63) is 0 Å². The Hall–Kier alpha value is -0.0451. The SMILES string of the molecule is [B]C1CCCCC2C(CC(=S)N2C)C1. The minimum Gasteiger partial charge on any atom is -0.366 e. The van der Waals surface area contributed by atoms with Crippen LogP contribution in [0.15, 0.2) is 0 Å². The summed E-state index contributed by atoms with van der Waals surface area (Å²) in [6, 6.07) is 0.689. The molecule has 14 heavy (non-hydrogen) atoms. The number of hydrogen-bond acceptors (Lipinski definition) is 1. The van der Waals surface area contributed by atoms with E-state index in [-0.39, 0.29) is 0 Å². The highest BCUT2D eigenvalue weighted by atomic mass is 32.1. The van der Waals surface area contributed by atoms with Crippen molar-refractivity contribution in [2.75, 3.05) is 7.05 Å². The zero-order valence-electron chi connectivity index (χ0n) is 8.91. The summed E-state index contributed by atoms with van der Waals surface area (Å²) >= 11 is 5.37. The zero-order chi connectivity index (χ0) is 10.1. The van der Waals surface area contributed by atoms with Gasteiger partial charge in [-0.2, -0.15) is 0 Å². The molecule has 2 aliphatic rings. The molecule has 2 fully saturated rings. The van der Waals surface area contributed by atoms with E-state index in [2.05, 4.69) is 11.9 Å². The molecule has 2 radical (unpaired) electrons. The van der Waals surface area contributed by atoms with Crippen molar-refractivity contribution < 1.29 is 0 Å². The van der Waals surface area contributed by atoms with E-state index in [0.29, 0.717) is 11.9 Å². The van der Waals surface area contributed by atoms with Gasteiger partial charge in [-0.3, -0.25) is 0 Å². The molecule has 0 N–H and O–H groups in total. The Morgan fingerprint density at radius 3 is 2.86 bits per heavy atom. The van der Waals surface area contributed by atoms with Gasteiger partial charge in [0, 0.05) is 19.5 Å². The quantitative estimate of drug-likeness (QED) is 0.443. The second-order valence-electron chi connectivity index (χ2n) is 4.82. The van der Waals surface area contributed by atoms with Crippen LogP contribution in [0.4, 0.5) is 0 Å². The van der Waals surface area contributed by atoms with Crippen molar-refractivity contribution >= 4 is 25.1 Å². The highest BCUT2D eigenvalue weighted by molar-refractivity contribution is 7.80. The van der Waals surface area contributed by atoms with Gasteiger partial charge in [-0.25, -0.2) is 0 Å². The Morgan fingerprint density at radius 2 is 2.07 bits per heavy atom. The summed E-state index contributed by atoms with van der Waals surface area (Å²) in [6.45, 7) is 0. The third kappa shape index (κ3) is 1.97. The van der Waals surface area contributed by atoms with Crippen LogP contribution in [-0.4, -0.2) is 30.8 Å². The van der Waals surface area contributed by atoms with Gasteiger partial charge in [0.15, 0.2) is 0 Å². The summed E-state index contributed by atoms with van der Waals surface area (Å²) < 4.78 is 0. The summed E-state index contributed by atoms with van der Waals surface area (Å²) in [5.74, 6) is 1.15. The molecule has 0 aromatic carbocycles. The highest BCUT2D eigenvalue weighted by Crippen LogP contribution is 2.37. The van der Waals surface area contributed by atoms with Gasteiger partial charge in [0.25, 0.3) is 0 Å². The Balaban J connectivity index is 2.07. The highest BCUT2D eigenvalue weighted by Gasteiger charge is 2.35. The predicted molar refractivity (Wildman–Crippen MR) is 64.8 cm³/mol. The molecule has 1 nitrogen and oxygen atoms in total. The maximum Gasteiger partial charge on any atom is 0.0782 e. The van der Waals surface area contributed by atoms with Crippen LogP contribution in [0.2, 0.25) is 5.82 Å². The molecular weight excluding hydrogens is 189 g/mol. The van der Waals surface area contributed by atoms with Crippen molar-refractivity contribution in [1.82, 2.24) is 4.90 Å². The molecule has 0 bridgehead atoms. The average Bonchev–Trinajstić information content (AvgIpc) is 2.35. The molecule has 3 unspecified atom stereocenters. The fourth-order valence-corrected chi connectivity index (χ4v) is 3.29. The Bertz CT molecular complexity index is 231. The molecule has 3 heteroatoms. The third-order valence-electron chi connectivity index (χ3n) is 3.80. The molecule has 1 saturated carbocycles. The van der Waals surface area contributed by atoms with Crippen LogP contribution in [0.3, 0.4) is 0 Å². The lowest BCUT2D eigenvalue weighted by molar-refractivity contribution is 0.260. The molecule has 2 rings (SSSR count). The largest absolute Gasteiger partial charge is 0.366 e. The third-order valence-corrected chi connectivity index (χ3v) is 4.26. The van der Waals surface area contributed by atoms with Gasteiger partial charge in [0.2, 0.25) is 0 Å². The Morgan fingerprint density at radius 1 is 1.36 bits per heavy atom. The van der Waals surface area contributed by atoms with E-state index < -0.39 is 0 Å². The molecule has 1 aliphatic carbocycles. The summed E-state index contributed by atoms with van der Waals surface area (Å²) in [5.41, 5.74) is 0. The van der Waals surface area contributed by atoms with Crippen LogP contribution < -0.4 is 0 Å². The predicted octanol–water partition coefficient (Wildman–Crippen LogP) is 2.56. The number of rotatable bonds is 0. The maximum absolute atomic E-state index is 6.09. The van der Waals surface area contributed by atoms with Crippen molar-refractivity contribution in [3.63, 3.8) is 0 Å². The lowest BCUT2D eigenvalue weighted by Crippen LogP contribution is -2.32. The van der Waals surface area contributed by atoms with Gasteiger partial charge in [0.1, 0.15) is 0 Å². The van der Waals surface area contributed by atoms with Crippen molar-refractivity contribution in [1.29, 1.82) is 0 Å². The van der Waals surface area contributed by atoms with Gasteiger partial charge in [-0.1, -0.05) is 43.7 Å². The summed E-state index contributed by atoms with van der Waals surface area (Å²) in [5, 5.41) is 0. The lowest BCUT2D eigenvalue weighted by atomic mass is 9.72. The second-order valence-corrected chi connectivity index (χ2v) is 5.29. The van der Waals surface area contributed by atoms with E-state index in [0.717, 1.165) is 17.3 Å². The molecule has 0 aromatic rings. The van der Waals surface area contributed by atoms with Crippen LogP contribution in [0.1, 0.15) is 38.5 Å². The van der Waals surface area contributed by atoms with E-state index in [1.165, 1.54) is 32.1 Å². The summed E-state index contributed by atoms with van der Waals surface area (Å²) in [4.78, 5) is 3.46. The van der Waals surface area contributed by atoms with E-state index in [9.17, 15) is 0 Å². The first kappa shape index (κ1) is 10.5. The van der Waals surface area contributed by atoms with Gasteiger partial charge in [-0.15, -0.1) is 0 Å². The second kappa shape index (κ2) is 4.22. The first-order valence-electron chi connectivity index (χ1n) is 5.69. The topological polar surface area (TPSA) is 3.24 Å². The number of thiocarbonyl (C=S) groups is 1. The van der Waals surface area contributed by atoms with Crippen molar-refractivity contribution in [2.45, 2.75) is 50.4 Å². The van der Waals surface area contributed by atoms with Crippen LogP contribution in [0.25, 0.3) is 0 Å². The minimum absolute atomic E-state index is 0.414. The number of fused-ring (bicyclic) bond motifs is 1. The molecule has 0 aromatic heterocycles. The van der Waals surface area contributed by atoms with Gasteiger partial charge >= 0.3 is 0 Å². The smallest absolute Gasteiger partial charge is 0.0782 e. The van der Waals surface area contributed by atoms with Crippen molar-refractivity contribution in [2.24, 2.45) is 5.92 Å². The lowest BCUT2D eigenvalue weighted by Gasteiger charge is -2.30. The van der Waals surface area contributed by atoms with Crippen LogP contribution >= 0.6 is 12.2 Å². The molecule has 1 saturated heterocycles. The van der Waals surface area contributed by atoms with Gasteiger partial charge in [0.05, 0.1) is 12.8 Å². The van der Waals surface area contributed by atoms with E-state index in [1.54, 1.807) is 0 Å². The first-order chi connectivity index (χ1) is 6.68. The van der Waals surface area contributed by atoms with Crippen LogP contribution in [-0.2, 0) is 0 Å². The fourth-order valence-electron chi connectivity index (χ4n) is 2.94. The normalized spacial score (nSPS) is 39.1. The van der Waals surface area contributed by atoms with E-state index in [4.69, 9.17) is 20.1 Å². The first-order valence-corrected chi connectivity index (χ1v) is 6.10. The van der Waals surface area contributed by atoms with Gasteiger partial charge < -0.3 is 4.90 Å². The Labute approximate surface area is 93.6 Å². The zero-order valence-corrected chi connectivity index (χ0v) is 9.72. The summed E-state index contributed by atoms with van der Waals surface area (Å²) in [7, 11) is 8.24. The summed E-state index contributed by atoms with van der Waals surface area (Å²) in [6.07, 6.45) is 7.42. The minimum atomic E-state index is 0.414. The number of likely N-dealkylation sites (tertiary alicyclic amines) is 1. The molecule has 76 valence electrons. The monoisotopic (exact) mass is 207 g/mol. The molecule has 0 spiro atoms. The molecule has 3 atom stereocenters. The van der Waals surface area contributed by atoms with Crippen LogP contribution in [0, 0.1) is 5.92 Å². The fraction of sp³-hybridized carbons (Fsp3) is 0.909. The maximum atomic E-state index is 6.09.